The SMILES string of the molecule is CCCC(NC(=O)CN(C)c1ncnc2nc[nH]c12)c1cccs1. The van der Waals surface area contributed by atoms with Crippen LogP contribution in [0.4, 0.5) is 5.82 Å². The molecule has 0 saturated carbocycles. The van der Waals surface area contributed by atoms with Gasteiger partial charge in [0.2, 0.25) is 5.91 Å². The summed E-state index contributed by atoms with van der Waals surface area (Å²) in [6.07, 6.45) is 4.97. The van der Waals surface area contributed by atoms with Crippen LogP contribution < -0.4 is 10.2 Å². The monoisotopic (exact) mass is 344 g/mol. The van der Waals surface area contributed by atoms with Gasteiger partial charge in [-0.25, -0.2) is 15.0 Å². The maximum atomic E-state index is 12.5. The molecule has 0 saturated heterocycles. The lowest BCUT2D eigenvalue weighted by Gasteiger charge is -2.21. The number of nitrogens with one attached hydrogen (secondary N) is 2. The highest BCUT2D eigenvalue weighted by molar-refractivity contribution is 7.10. The standard InChI is InChI=1S/C16H20N6OS/c1-3-5-11(12-6-4-7-24-12)21-13(23)8-22(2)16-14-15(18-9-17-14)19-10-20-16/h4,6-7,9-11H,3,5,8H2,1-2H3,(H,21,23)(H,17,18,19,20). The molecular weight excluding hydrogens is 324 g/mol. The van der Waals surface area contributed by atoms with E-state index in [0.29, 0.717) is 11.5 Å². The summed E-state index contributed by atoms with van der Waals surface area (Å²) in [5, 5.41) is 5.16. The minimum Gasteiger partial charge on any atom is -0.348 e. The molecule has 2 N–H and O–H groups in total. The fraction of sp³-hybridized carbons (Fsp3) is 0.375. The van der Waals surface area contributed by atoms with E-state index < -0.39 is 0 Å². The average Bonchev–Trinajstić information content (AvgIpc) is 3.25. The molecule has 8 heteroatoms. The third kappa shape index (κ3) is 3.53. The molecule has 24 heavy (non-hydrogen) atoms. The number of hydrogen-bond acceptors (Lipinski definition) is 6. The van der Waals surface area contributed by atoms with E-state index in [0.717, 1.165) is 18.4 Å². The van der Waals surface area contributed by atoms with Crippen molar-refractivity contribution in [3.63, 3.8) is 0 Å². The summed E-state index contributed by atoms with van der Waals surface area (Å²) in [7, 11) is 1.84. The van der Waals surface area contributed by atoms with Gasteiger partial charge in [-0.15, -0.1) is 11.3 Å². The first-order valence-electron chi connectivity index (χ1n) is 7.87. The lowest BCUT2D eigenvalue weighted by Crippen LogP contribution is -2.37. The molecule has 0 fully saturated rings. The van der Waals surface area contributed by atoms with E-state index >= 15 is 0 Å². The molecule has 0 spiro atoms. The van der Waals surface area contributed by atoms with E-state index in [1.54, 1.807) is 22.6 Å². The van der Waals surface area contributed by atoms with Crippen molar-refractivity contribution in [3.8, 4) is 0 Å². The number of H-pyrrole nitrogens is 1. The second-order valence-electron chi connectivity index (χ2n) is 5.58. The van der Waals surface area contributed by atoms with Gasteiger partial charge in [-0.05, 0) is 17.9 Å². The molecule has 0 bridgehead atoms. The predicted molar refractivity (Wildman–Crippen MR) is 95.1 cm³/mol. The number of carbonyl (C=O) groups excluding carboxylic acids is 1. The van der Waals surface area contributed by atoms with Crippen molar-refractivity contribution in [2.45, 2.75) is 25.8 Å². The van der Waals surface area contributed by atoms with Crippen molar-refractivity contribution in [1.29, 1.82) is 0 Å². The van der Waals surface area contributed by atoms with Gasteiger partial charge in [-0.2, -0.15) is 0 Å². The van der Waals surface area contributed by atoms with E-state index in [2.05, 4.69) is 38.2 Å². The van der Waals surface area contributed by atoms with Crippen molar-refractivity contribution >= 4 is 34.2 Å². The Morgan fingerprint density at radius 1 is 1.42 bits per heavy atom. The Morgan fingerprint density at radius 2 is 2.29 bits per heavy atom. The first-order chi connectivity index (χ1) is 11.7. The van der Waals surface area contributed by atoms with Crippen LogP contribution in [-0.2, 0) is 4.79 Å². The zero-order valence-corrected chi connectivity index (χ0v) is 14.5. The number of nitrogens with zero attached hydrogens (tertiary/aromatic N) is 4. The zero-order valence-electron chi connectivity index (χ0n) is 13.7. The largest absolute Gasteiger partial charge is 0.348 e. The van der Waals surface area contributed by atoms with Gasteiger partial charge in [0, 0.05) is 11.9 Å². The van der Waals surface area contributed by atoms with Gasteiger partial charge < -0.3 is 15.2 Å². The highest BCUT2D eigenvalue weighted by Gasteiger charge is 2.18. The molecule has 0 aliphatic carbocycles. The van der Waals surface area contributed by atoms with Crippen molar-refractivity contribution in [3.05, 3.63) is 35.0 Å². The van der Waals surface area contributed by atoms with Crippen LogP contribution >= 0.6 is 11.3 Å². The lowest BCUT2D eigenvalue weighted by molar-refractivity contribution is -0.120. The third-order valence-corrected chi connectivity index (χ3v) is 4.73. The minimum atomic E-state index is -0.0318. The Kier molecular flexibility index (Phi) is 5.05. The number of imidazole rings is 1. The molecule has 0 aliphatic heterocycles. The number of amides is 1. The molecule has 0 radical (unpaired) electrons. The number of anilines is 1. The lowest BCUT2D eigenvalue weighted by atomic mass is 10.1. The highest BCUT2D eigenvalue weighted by atomic mass is 32.1. The van der Waals surface area contributed by atoms with Crippen LogP contribution in [0.5, 0.6) is 0 Å². The van der Waals surface area contributed by atoms with Gasteiger partial charge in [0.25, 0.3) is 0 Å². The van der Waals surface area contributed by atoms with Crippen LogP contribution in [-0.4, -0.2) is 39.4 Å². The molecule has 0 aromatic carbocycles. The maximum absolute atomic E-state index is 12.5. The van der Waals surface area contributed by atoms with Crippen LogP contribution in [0.25, 0.3) is 11.2 Å². The second kappa shape index (κ2) is 7.39. The zero-order chi connectivity index (χ0) is 16.9. The summed E-state index contributed by atoms with van der Waals surface area (Å²) in [5.74, 6) is 0.631. The summed E-state index contributed by atoms with van der Waals surface area (Å²) in [6.45, 7) is 2.34. The van der Waals surface area contributed by atoms with Gasteiger partial charge in [0.1, 0.15) is 11.8 Å². The van der Waals surface area contributed by atoms with Crippen molar-refractivity contribution < 1.29 is 4.79 Å². The molecular formula is C16H20N6OS. The fourth-order valence-electron chi connectivity index (χ4n) is 2.64. The summed E-state index contributed by atoms with van der Waals surface area (Å²) < 4.78 is 0. The molecule has 7 nitrogen and oxygen atoms in total. The maximum Gasteiger partial charge on any atom is 0.240 e. The molecule has 3 heterocycles. The normalized spacial score (nSPS) is 12.2. The van der Waals surface area contributed by atoms with Gasteiger partial charge in [0.05, 0.1) is 18.9 Å². The van der Waals surface area contributed by atoms with Crippen LogP contribution in [0.1, 0.15) is 30.7 Å². The van der Waals surface area contributed by atoms with Gasteiger partial charge in [-0.3, -0.25) is 4.79 Å². The number of fused-ring (bicyclic) bond motifs is 1. The summed E-state index contributed by atoms with van der Waals surface area (Å²) in [4.78, 5) is 30.9. The molecule has 3 aromatic rings. The third-order valence-electron chi connectivity index (χ3n) is 3.74. The van der Waals surface area contributed by atoms with E-state index in [9.17, 15) is 4.79 Å². The van der Waals surface area contributed by atoms with Crippen molar-refractivity contribution in [1.82, 2.24) is 25.3 Å². The van der Waals surface area contributed by atoms with Gasteiger partial charge in [0.15, 0.2) is 11.5 Å². The van der Waals surface area contributed by atoms with E-state index in [1.807, 2.05) is 18.5 Å². The van der Waals surface area contributed by atoms with E-state index in [4.69, 9.17) is 0 Å². The minimum absolute atomic E-state index is 0.0318. The average molecular weight is 344 g/mol. The summed E-state index contributed by atoms with van der Waals surface area (Å²) >= 11 is 1.67. The number of carbonyl (C=O) groups is 1. The van der Waals surface area contributed by atoms with Crippen LogP contribution in [0, 0.1) is 0 Å². The van der Waals surface area contributed by atoms with Crippen molar-refractivity contribution in [2.24, 2.45) is 0 Å². The first kappa shape index (κ1) is 16.4. The summed E-state index contributed by atoms with van der Waals surface area (Å²) in [5.41, 5.74) is 1.32. The molecule has 3 rings (SSSR count). The second-order valence-corrected chi connectivity index (χ2v) is 6.56. The number of likely N-dealkylation sites (N-methyl/N-ethyl adjacent to an activating group) is 1. The Bertz CT molecular complexity index is 800. The van der Waals surface area contributed by atoms with E-state index in [-0.39, 0.29) is 18.5 Å². The molecule has 1 amide bonds. The number of hydrogen-bond donors (Lipinski definition) is 2. The van der Waals surface area contributed by atoms with Crippen LogP contribution in [0.2, 0.25) is 0 Å². The Hall–Kier alpha value is -2.48. The highest BCUT2D eigenvalue weighted by Crippen LogP contribution is 2.23. The molecule has 1 atom stereocenters. The van der Waals surface area contributed by atoms with Crippen LogP contribution in [0.15, 0.2) is 30.2 Å². The van der Waals surface area contributed by atoms with Gasteiger partial charge in [-0.1, -0.05) is 19.4 Å². The smallest absolute Gasteiger partial charge is 0.240 e. The fourth-order valence-corrected chi connectivity index (χ4v) is 3.45. The predicted octanol–water partition coefficient (Wildman–Crippen LogP) is 2.51. The van der Waals surface area contributed by atoms with E-state index in [1.165, 1.54) is 11.2 Å². The number of aromatic amines is 1. The quantitative estimate of drug-likeness (QED) is 0.688. The molecule has 0 aliphatic rings. The van der Waals surface area contributed by atoms with Gasteiger partial charge >= 0.3 is 0 Å². The van der Waals surface area contributed by atoms with Crippen molar-refractivity contribution in [2.75, 3.05) is 18.5 Å². The van der Waals surface area contributed by atoms with Crippen LogP contribution in [0.3, 0.4) is 0 Å². The number of rotatable bonds is 7. The first-order valence-corrected chi connectivity index (χ1v) is 8.75. The molecule has 126 valence electrons. The number of aromatic nitrogens is 4. The number of thiophene rings is 1. The Morgan fingerprint density at radius 3 is 3.04 bits per heavy atom. The topological polar surface area (TPSA) is 86.8 Å². The molecule has 1 unspecified atom stereocenters. The molecule has 3 aromatic heterocycles. The Labute approximate surface area is 144 Å². The summed E-state index contributed by atoms with van der Waals surface area (Å²) in [6, 6.07) is 4.14. The Balaban J connectivity index is 1.68.